The maximum absolute atomic E-state index is 13.2. The molecule has 20 heavy (non-hydrogen) atoms. The van der Waals surface area contributed by atoms with E-state index in [1.165, 1.54) is 10.9 Å². The fourth-order valence-corrected chi connectivity index (χ4v) is 2.35. The Balaban J connectivity index is 2.20. The SMILES string of the molecule is Cn1cc(-c2nc3c(cc2C(F)(F)F)NCCC3)cn1. The van der Waals surface area contributed by atoms with Crippen molar-refractivity contribution in [1.29, 1.82) is 0 Å². The first-order chi connectivity index (χ1) is 9.45. The van der Waals surface area contributed by atoms with Crippen molar-refractivity contribution in [3.8, 4) is 11.3 Å². The topological polar surface area (TPSA) is 42.7 Å². The molecule has 1 aliphatic heterocycles. The van der Waals surface area contributed by atoms with Crippen LogP contribution in [0, 0.1) is 0 Å². The predicted molar refractivity (Wildman–Crippen MR) is 68.3 cm³/mol. The second-order valence-electron chi connectivity index (χ2n) is 4.81. The van der Waals surface area contributed by atoms with E-state index >= 15 is 0 Å². The summed E-state index contributed by atoms with van der Waals surface area (Å²) in [5.41, 5.74) is 0.777. The van der Waals surface area contributed by atoms with Crippen LogP contribution in [0.5, 0.6) is 0 Å². The van der Waals surface area contributed by atoms with Crippen LogP contribution in [0.4, 0.5) is 18.9 Å². The number of fused-ring (bicyclic) bond motifs is 1. The van der Waals surface area contributed by atoms with Crippen molar-refractivity contribution in [3.63, 3.8) is 0 Å². The fourth-order valence-electron chi connectivity index (χ4n) is 2.35. The average Bonchev–Trinajstić information content (AvgIpc) is 2.83. The van der Waals surface area contributed by atoms with Gasteiger partial charge in [0.15, 0.2) is 0 Å². The van der Waals surface area contributed by atoms with Crippen molar-refractivity contribution >= 4 is 5.69 Å². The maximum atomic E-state index is 13.2. The Hall–Kier alpha value is -2.05. The number of pyridine rings is 1. The second-order valence-corrected chi connectivity index (χ2v) is 4.81. The van der Waals surface area contributed by atoms with E-state index < -0.39 is 11.7 Å². The first-order valence-electron chi connectivity index (χ1n) is 6.29. The monoisotopic (exact) mass is 282 g/mol. The second kappa shape index (κ2) is 4.50. The summed E-state index contributed by atoms with van der Waals surface area (Å²) in [6.45, 7) is 0.679. The van der Waals surface area contributed by atoms with Gasteiger partial charge in [-0.1, -0.05) is 0 Å². The number of alkyl halides is 3. The lowest BCUT2D eigenvalue weighted by atomic mass is 10.0. The van der Waals surface area contributed by atoms with Crippen molar-refractivity contribution in [3.05, 3.63) is 29.7 Å². The zero-order chi connectivity index (χ0) is 14.3. The van der Waals surface area contributed by atoms with E-state index in [0.29, 0.717) is 29.9 Å². The van der Waals surface area contributed by atoms with Gasteiger partial charge in [0, 0.05) is 25.4 Å². The molecule has 0 atom stereocenters. The van der Waals surface area contributed by atoms with Gasteiger partial charge in [0.1, 0.15) is 0 Å². The van der Waals surface area contributed by atoms with Gasteiger partial charge in [0.05, 0.1) is 28.8 Å². The molecule has 0 saturated heterocycles. The van der Waals surface area contributed by atoms with E-state index in [0.717, 1.165) is 12.5 Å². The van der Waals surface area contributed by atoms with Gasteiger partial charge in [0.25, 0.3) is 0 Å². The van der Waals surface area contributed by atoms with Gasteiger partial charge in [-0.3, -0.25) is 4.68 Å². The molecular formula is C13H13F3N4. The van der Waals surface area contributed by atoms with E-state index in [4.69, 9.17) is 0 Å². The van der Waals surface area contributed by atoms with Gasteiger partial charge < -0.3 is 5.32 Å². The number of aryl methyl sites for hydroxylation is 2. The molecule has 1 aliphatic rings. The highest BCUT2D eigenvalue weighted by atomic mass is 19.4. The molecule has 2 aromatic heterocycles. The third-order valence-electron chi connectivity index (χ3n) is 3.29. The van der Waals surface area contributed by atoms with Crippen LogP contribution in [0.3, 0.4) is 0 Å². The van der Waals surface area contributed by atoms with E-state index in [2.05, 4.69) is 15.4 Å². The highest BCUT2D eigenvalue weighted by molar-refractivity contribution is 5.67. The Morgan fingerprint density at radius 2 is 2.15 bits per heavy atom. The first-order valence-corrected chi connectivity index (χ1v) is 6.29. The maximum Gasteiger partial charge on any atom is 0.418 e. The lowest BCUT2D eigenvalue weighted by Gasteiger charge is -2.21. The van der Waals surface area contributed by atoms with Crippen molar-refractivity contribution in [1.82, 2.24) is 14.8 Å². The van der Waals surface area contributed by atoms with Crippen LogP contribution in [0.25, 0.3) is 11.3 Å². The molecule has 0 aliphatic carbocycles. The predicted octanol–water partition coefficient (Wildman–Crippen LogP) is 2.86. The Morgan fingerprint density at radius 3 is 2.80 bits per heavy atom. The molecule has 0 radical (unpaired) electrons. The zero-order valence-corrected chi connectivity index (χ0v) is 10.8. The quantitative estimate of drug-likeness (QED) is 0.874. The van der Waals surface area contributed by atoms with Gasteiger partial charge >= 0.3 is 6.18 Å². The number of halogens is 3. The lowest BCUT2D eigenvalue weighted by Crippen LogP contribution is -2.17. The van der Waals surface area contributed by atoms with Crippen molar-refractivity contribution < 1.29 is 13.2 Å². The number of nitrogens with one attached hydrogen (secondary N) is 1. The van der Waals surface area contributed by atoms with Crippen molar-refractivity contribution in [2.45, 2.75) is 19.0 Å². The highest BCUT2D eigenvalue weighted by Gasteiger charge is 2.36. The Morgan fingerprint density at radius 1 is 1.35 bits per heavy atom. The number of aromatic nitrogens is 3. The molecule has 0 fully saturated rings. The Kier molecular flexibility index (Phi) is 2.92. The number of hydrogen-bond donors (Lipinski definition) is 1. The third kappa shape index (κ3) is 2.23. The van der Waals surface area contributed by atoms with E-state index in [1.807, 2.05) is 0 Å². The zero-order valence-electron chi connectivity index (χ0n) is 10.8. The van der Waals surface area contributed by atoms with Crippen molar-refractivity contribution in [2.24, 2.45) is 7.05 Å². The minimum Gasteiger partial charge on any atom is -0.384 e. The van der Waals surface area contributed by atoms with Crippen LogP contribution >= 0.6 is 0 Å². The standard InChI is InChI=1S/C13H13F3N4/c1-20-7-8(6-18-20)12-9(13(14,15)16)5-11-10(19-12)3-2-4-17-11/h5-7,17H,2-4H2,1H3. The molecule has 2 aromatic rings. The summed E-state index contributed by atoms with van der Waals surface area (Å²) in [5.74, 6) is 0. The van der Waals surface area contributed by atoms with Gasteiger partial charge in [0.2, 0.25) is 0 Å². The van der Waals surface area contributed by atoms with Crippen LogP contribution in [-0.4, -0.2) is 21.3 Å². The summed E-state index contributed by atoms with van der Waals surface area (Å²) in [5, 5.41) is 6.90. The van der Waals surface area contributed by atoms with Gasteiger partial charge in [-0.05, 0) is 18.9 Å². The molecule has 0 bridgehead atoms. The van der Waals surface area contributed by atoms with Crippen LogP contribution in [0.15, 0.2) is 18.5 Å². The molecule has 3 heterocycles. The first kappa shape index (κ1) is 13.0. The van der Waals surface area contributed by atoms with Crippen LogP contribution < -0.4 is 5.32 Å². The van der Waals surface area contributed by atoms with Gasteiger partial charge in [-0.25, -0.2) is 4.98 Å². The minimum absolute atomic E-state index is 0.0481. The molecule has 1 N–H and O–H groups in total. The average molecular weight is 282 g/mol. The van der Waals surface area contributed by atoms with Gasteiger partial charge in [-0.2, -0.15) is 18.3 Å². The Bertz CT molecular complexity index is 646. The molecule has 0 spiro atoms. The smallest absolute Gasteiger partial charge is 0.384 e. The number of anilines is 1. The fraction of sp³-hybridized carbons (Fsp3) is 0.385. The summed E-state index contributed by atoms with van der Waals surface area (Å²) in [7, 11) is 1.66. The van der Waals surface area contributed by atoms with Crippen LogP contribution in [-0.2, 0) is 19.6 Å². The van der Waals surface area contributed by atoms with Gasteiger partial charge in [-0.15, -0.1) is 0 Å². The number of nitrogens with zero attached hydrogens (tertiary/aromatic N) is 3. The molecule has 0 saturated carbocycles. The molecule has 106 valence electrons. The summed E-state index contributed by atoms with van der Waals surface area (Å²) >= 11 is 0. The van der Waals surface area contributed by atoms with Crippen molar-refractivity contribution in [2.75, 3.05) is 11.9 Å². The third-order valence-corrected chi connectivity index (χ3v) is 3.29. The van der Waals surface area contributed by atoms with E-state index in [1.54, 1.807) is 13.2 Å². The van der Waals surface area contributed by atoms with Crippen LogP contribution in [0.2, 0.25) is 0 Å². The van der Waals surface area contributed by atoms with E-state index in [-0.39, 0.29) is 5.69 Å². The van der Waals surface area contributed by atoms with Crippen LogP contribution in [0.1, 0.15) is 17.7 Å². The normalized spacial score (nSPS) is 14.8. The summed E-state index contributed by atoms with van der Waals surface area (Å²) in [4.78, 5) is 4.23. The number of rotatable bonds is 1. The molecule has 0 amide bonds. The largest absolute Gasteiger partial charge is 0.418 e. The molecule has 0 unspecified atom stereocenters. The molecule has 3 rings (SSSR count). The number of hydrogen-bond acceptors (Lipinski definition) is 3. The lowest BCUT2D eigenvalue weighted by molar-refractivity contribution is -0.137. The van der Waals surface area contributed by atoms with E-state index in [9.17, 15) is 13.2 Å². The summed E-state index contributed by atoms with van der Waals surface area (Å²) < 4.78 is 41.1. The summed E-state index contributed by atoms with van der Waals surface area (Å²) in [6, 6.07) is 1.16. The molecule has 7 heteroatoms. The molecular weight excluding hydrogens is 269 g/mol. The highest BCUT2D eigenvalue weighted by Crippen LogP contribution is 2.39. The minimum atomic E-state index is -4.44. The molecule has 4 nitrogen and oxygen atoms in total. The molecule has 0 aromatic carbocycles. The summed E-state index contributed by atoms with van der Waals surface area (Å²) in [6.07, 6.45) is 0.0678. The Labute approximate surface area is 113 Å².